The molecule has 2 aromatic heterocycles. The summed E-state index contributed by atoms with van der Waals surface area (Å²) in [6.45, 7) is 8.74. The molecular weight excluding hydrogens is 255 g/mol. The van der Waals surface area contributed by atoms with Crippen LogP contribution in [0.3, 0.4) is 0 Å². The molecule has 0 saturated heterocycles. The molecule has 102 valence electrons. The molecule has 0 unspecified atom stereocenters. The van der Waals surface area contributed by atoms with Crippen molar-refractivity contribution in [2.75, 3.05) is 24.9 Å². The van der Waals surface area contributed by atoms with Crippen molar-refractivity contribution in [3.05, 3.63) is 23.5 Å². The normalized spacial score (nSPS) is 11.2. The molecule has 2 rings (SSSR count). The van der Waals surface area contributed by atoms with E-state index in [-0.39, 0.29) is 7.92 Å². The summed E-state index contributed by atoms with van der Waals surface area (Å²) in [6.07, 6.45) is 4.75. The zero-order chi connectivity index (χ0) is 13.8. The fourth-order valence-corrected chi connectivity index (χ4v) is 2.43. The summed E-state index contributed by atoms with van der Waals surface area (Å²) in [5, 5.41) is 4.29. The summed E-state index contributed by atoms with van der Waals surface area (Å²) < 4.78 is 0. The van der Waals surface area contributed by atoms with Crippen molar-refractivity contribution in [2.45, 2.75) is 26.7 Å². The van der Waals surface area contributed by atoms with E-state index in [1.54, 1.807) is 0 Å². The highest BCUT2D eigenvalue weighted by molar-refractivity contribution is 7.56. The molecule has 0 spiro atoms. The zero-order valence-electron chi connectivity index (χ0n) is 12.1. The highest BCUT2D eigenvalue weighted by Crippen LogP contribution is 2.23. The minimum atomic E-state index is 0.00403. The average molecular weight is 276 g/mol. The Balaban J connectivity index is 2.36. The van der Waals surface area contributed by atoms with Crippen molar-refractivity contribution in [3.8, 4) is 0 Å². The van der Waals surface area contributed by atoms with Gasteiger partial charge in [-0.15, -0.1) is 0 Å². The van der Waals surface area contributed by atoms with E-state index in [9.17, 15) is 0 Å². The van der Waals surface area contributed by atoms with Crippen molar-refractivity contribution < 1.29 is 0 Å². The Morgan fingerprint density at radius 1 is 1.16 bits per heavy atom. The van der Waals surface area contributed by atoms with Gasteiger partial charge in [0.2, 0.25) is 5.95 Å². The zero-order valence-corrected chi connectivity index (χ0v) is 13.0. The molecule has 0 aliphatic rings. The first-order valence-corrected chi connectivity index (χ1v) is 9.10. The maximum atomic E-state index is 4.67. The number of nitrogens with zero attached hydrogens (tertiary/aromatic N) is 3. The Morgan fingerprint density at radius 2 is 1.95 bits per heavy atom. The molecule has 0 aliphatic carbocycles. The van der Waals surface area contributed by atoms with Crippen LogP contribution in [0.5, 0.6) is 0 Å². The second-order valence-corrected chi connectivity index (χ2v) is 7.30. The van der Waals surface area contributed by atoms with Gasteiger partial charge < -0.3 is 5.32 Å². The number of pyridine rings is 1. The van der Waals surface area contributed by atoms with Crippen molar-refractivity contribution in [1.29, 1.82) is 0 Å². The van der Waals surface area contributed by atoms with Gasteiger partial charge in [-0.05, 0) is 37.8 Å². The molecule has 0 saturated carbocycles. The van der Waals surface area contributed by atoms with E-state index >= 15 is 0 Å². The van der Waals surface area contributed by atoms with Crippen LogP contribution >= 0.6 is 7.92 Å². The fraction of sp³-hybridized carbons (Fsp3) is 0.500. The summed E-state index contributed by atoms with van der Waals surface area (Å²) in [4.78, 5) is 13.5. The van der Waals surface area contributed by atoms with E-state index in [0.29, 0.717) is 5.95 Å². The predicted octanol–water partition coefficient (Wildman–Crippen LogP) is 3.26. The SMILES string of the molecule is CCc1cc2cnc(NCP(C)C)nc2nc1CC. The molecule has 4 nitrogen and oxygen atoms in total. The second kappa shape index (κ2) is 6.25. The molecule has 19 heavy (non-hydrogen) atoms. The number of anilines is 1. The van der Waals surface area contributed by atoms with Gasteiger partial charge in [0.1, 0.15) is 0 Å². The molecule has 0 fully saturated rings. The average Bonchev–Trinajstić information content (AvgIpc) is 2.43. The van der Waals surface area contributed by atoms with Gasteiger partial charge >= 0.3 is 0 Å². The van der Waals surface area contributed by atoms with Crippen LogP contribution in [-0.2, 0) is 12.8 Å². The third-order valence-electron chi connectivity index (χ3n) is 3.01. The highest BCUT2D eigenvalue weighted by atomic mass is 31.1. The molecule has 0 amide bonds. The van der Waals surface area contributed by atoms with Gasteiger partial charge in [-0.25, -0.2) is 9.97 Å². The first-order chi connectivity index (χ1) is 9.13. The van der Waals surface area contributed by atoms with E-state index < -0.39 is 0 Å². The first kappa shape index (κ1) is 14.1. The van der Waals surface area contributed by atoms with Gasteiger partial charge in [0, 0.05) is 23.6 Å². The Bertz CT molecular complexity index is 569. The number of fused-ring (bicyclic) bond motifs is 1. The Morgan fingerprint density at radius 3 is 2.58 bits per heavy atom. The van der Waals surface area contributed by atoms with Gasteiger partial charge in [-0.2, -0.15) is 4.98 Å². The topological polar surface area (TPSA) is 50.7 Å². The fourth-order valence-electron chi connectivity index (χ4n) is 1.97. The molecular formula is C14H21N4P. The number of hydrogen-bond donors (Lipinski definition) is 1. The van der Waals surface area contributed by atoms with Gasteiger partial charge in [-0.1, -0.05) is 21.8 Å². The standard InChI is InChI=1S/C14H21N4P/c1-5-10-7-11-8-15-14(16-9-19(3)4)18-13(11)17-12(10)6-2/h7-8H,5-6,9H2,1-4H3,(H,15,16,17,18). The van der Waals surface area contributed by atoms with Crippen LogP contribution in [0.15, 0.2) is 12.3 Å². The van der Waals surface area contributed by atoms with Gasteiger partial charge in [0.15, 0.2) is 5.65 Å². The second-order valence-electron chi connectivity index (χ2n) is 4.82. The van der Waals surface area contributed by atoms with E-state index in [1.807, 2.05) is 6.20 Å². The molecule has 5 heteroatoms. The molecule has 0 aromatic carbocycles. The summed E-state index contributed by atoms with van der Waals surface area (Å²) in [5.41, 5.74) is 3.24. The third kappa shape index (κ3) is 3.38. The molecule has 0 radical (unpaired) electrons. The minimum Gasteiger partial charge on any atom is -0.350 e. The van der Waals surface area contributed by atoms with Crippen LogP contribution in [0.4, 0.5) is 5.95 Å². The third-order valence-corrected chi connectivity index (χ3v) is 3.80. The van der Waals surface area contributed by atoms with E-state index in [2.05, 4.69) is 53.5 Å². The van der Waals surface area contributed by atoms with Crippen LogP contribution in [0, 0.1) is 0 Å². The first-order valence-electron chi connectivity index (χ1n) is 6.68. The molecule has 0 bridgehead atoms. The number of aromatic nitrogens is 3. The van der Waals surface area contributed by atoms with E-state index in [4.69, 9.17) is 0 Å². The van der Waals surface area contributed by atoms with Gasteiger partial charge in [0.25, 0.3) is 0 Å². The van der Waals surface area contributed by atoms with Crippen molar-refractivity contribution in [2.24, 2.45) is 0 Å². The van der Waals surface area contributed by atoms with Crippen LogP contribution in [0.2, 0.25) is 0 Å². The van der Waals surface area contributed by atoms with Gasteiger partial charge in [0.05, 0.1) is 0 Å². The minimum absolute atomic E-state index is 0.00403. The van der Waals surface area contributed by atoms with E-state index in [0.717, 1.165) is 35.9 Å². The Kier molecular flexibility index (Phi) is 4.65. The van der Waals surface area contributed by atoms with Gasteiger partial charge in [-0.3, -0.25) is 0 Å². The lowest BCUT2D eigenvalue weighted by Gasteiger charge is -2.10. The molecule has 1 N–H and O–H groups in total. The number of nitrogens with one attached hydrogen (secondary N) is 1. The Labute approximate surface area is 115 Å². The quantitative estimate of drug-likeness (QED) is 0.852. The molecule has 2 heterocycles. The number of hydrogen-bond acceptors (Lipinski definition) is 4. The highest BCUT2D eigenvalue weighted by Gasteiger charge is 2.07. The van der Waals surface area contributed by atoms with E-state index in [1.165, 1.54) is 5.56 Å². The van der Waals surface area contributed by atoms with Crippen LogP contribution < -0.4 is 5.32 Å². The Hall–Kier alpha value is -1.28. The molecule has 2 aromatic rings. The number of rotatable bonds is 5. The van der Waals surface area contributed by atoms with Crippen molar-refractivity contribution in [1.82, 2.24) is 15.0 Å². The molecule has 0 aliphatic heterocycles. The summed E-state index contributed by atoms with van der Waals surface area (Å²) in [5.74, 6) is 0.683. The maximum absolute atomic E-state index is 4.67. The van der Waals surface area contributed by atoms with Crippen LogP contribution in [0.25, 0.3) is 11.0 Å². The largest absolute Gasteiger partial charge is 0.350 e. The lowest BCUT2D eigenvalue weighted by atomic mass is 10.1. The lowest BCUT2D eigenvalue weighted by molar-refractivity contribution is 0.971. The smallest absolute Gasteiger partial charge is 0.224 e. The summed E-state index contributed by atoms with van der Waals surface area (Å²) in [7, 11) is 0.00403. The van der Waals surface area contributed by atoms with Crippen LogP contribution in [-0.4, -0.2) is 34.6 Å². The monoisotopic (exact) mass is 276 g/mol. The predicted molar refractivity (Wildman–Crippen MR) is 83.3 cm³/mol. The lowest BCUT2D eigenvalue weighted by Crippen LogP contribution is -2.05. The van der Waals surface area contributed by atoms with Crippen molar-refractivity contribution in [3.63, 3.8) is 0 Å². The van der Waals surface area contributed by atoms with Crippen molar-refractivity contribution >= 4 is 24.9 Å². The molecule has 0 atom stereocenters. The summed E-state index contributed by atoms with van der Waals surface area (Å²) in [6, 6.07) is 2.16. The maximum Gasteiger partial charge on any atom is 0.224 e. The summed E-state index contributed by atoms with van der Waals surface area (Å²) >= 11 is 0. The van der Waals surface area contributed by atoms with Crippen LogP contribution in [0.1, 0.15) is 25.1 Å². The number of aryl methyl sites for hydroxylation is 2.